The number of aromatic nitrogens is 3. The second kappa shape index (κ2) is 6.59. The highest BCUT2D eigenvalue weighted by Crippen LogP contribution is 2.49. The quantitative estimate of drug-likeness (QED) is 0.689. The van der Waals surface area contributed by atoms with Crippen LogP contribution in [0.3, 0.4) is 0 Å². The molecule has 1 unspecified atom stereocenters. The molecule has 0 radical (unpaired) electrons. The molecule has 2 aliphatic rings. The molecule has 9 heteroatoms. The molecule has 5 rings (SSSR count). The van der Waals surface area contributed by atoms with Crippen molar-refractivity contribution in [3.8, 4) is 0 Å². The number of aromatic amines is 1. The van der Waals surface area contributed by atoms with Gasteiger partial charge in [0.15, 0.2) is 5.66 Å². The SMILES string of the molecule is O=C(CNc1ncn[nH]1)N1CCN2C(=O)c3ccccc3C12c1ccc(Cl)cc1. The molecule has 1 aromatic heterocycles. The lowest BCUT2D eigenvalue weighted by molar-refractivity contribution is -0.134. The smallest absolute Gasteiger partial charge is 0.256 e. The number of amides is 2. The summed E-state index contributed by atoms with van der Waals surface area (Å²) in [6, 6.07) is 14.8. The van der Waals surface area contributed by atoms with Gasteiger partial charge in [-0.25, -0.2) is 10.1 Å². The van der Waals surface area contributed by atoms with Crippen LogP contribution in [0.25, 0.3) is 0 Å². The second-order valence-electron chi connectivity index (χ2n) is 6.91. The summed E-state index contributed by atoms with van der Waals surface area (Å²) in [6.07, 6.45) is 1.37. The van der Waals surface area contributed by atoms with Gasteiger partial charge >= 0.3 is 0 Å². The first-order valence-corrected chi connectivity index (χ1v) is 9.57. The van der Waals surface area contributed by atoms with E-state index in [2.05, 4.69) is 20.5 Å². The summed E-state index contributed by atoms with van der Waals surface area (Å²) in [5.74, 6) is 0.190. The Balaban J connectivity index is 1.61. The van der Waals surface area contributed by atoms with Gasteiger partial charge in [0.25, 0.3) is 5.91 Å². The van der Waals surface area contributed by atoms with Crippen LogP contribution in [0.5, 0.6) is 0 Å². The maximum Gasteiger partial charge on any atom is 0.256 e. The van der Waals surface area contributed by atoms with Crippen LogP contribution in [0.1, 0.15) is 21.5 Å². The molecule has 2 aliphatic heterocycles. The van der Waals surface area contributed by atoms with Gasteiger partial charge in [0, 0.05) is 34.8 Å². The molecule has 1 fully saturated rings. The highest BCUT2D eigenvalue weighted by Gasteiger charge is 2.59. The molecule has 1 atom stereocenters. The molecule has 0 bridgehead atoms. The fourth-order valence-corrected chi connectivity index (χ4v) is 4.45. The lowest BCUT2D eigenvalue weighted by Crippen LogP contribution is -2.52. The summed E-state index contributed by atoms with van der Waals surface area (Å²) in [4.78, 5) is 34.0. The van der Waals surface area contributed by atoms with Gasteiger partial charge in [-0.15, -0.1) is 0 Å². The summed E-state index contributed by atoms with van der Waals surface area (Å²) in [6.45, 7) is 0.901. The first-order valence-electron chi connectivity index (χ1n) is 9.19. The fraction of sp³-hybridized carbons (Fsp3) is 0.200. The van der Waals surface area contributed by atoms with E-state index in [1.807, 2.05) is 36.4 Å². The van der Waals surface area contributed by atoms with Crippen molar-refractivity contribution >= 4 is 29.4 Å². The van der Waals surface area contributed by atoms with Crippen LogP contribution in [0.15, 0.2) is 54.9 Å². The van der Waals surface area contributed by atoms with Crippen molar-refractivity contribution in [3.05, 3.63) is 76.6 Å². The topological polar surface area (TPSA) is 94.2 Å². The molecule has 29 heavy (non-hydrogen) atoms. The standard InChI is InChI=1S/C20H17ClN6O2/c21-14-7-5-13(6-8-14)20-16-4-2-1-3-15(16)18(29)27(20)10-9-26(20)17(28)11-22-19-23-12-24-25-19/h1-8,12H,9-11H2,(H2,22,23,24,25). The minimum atomic E-state index is -0.988. The Bertz CT molecular complexity index is 1080. The molecule has 8 nitrogen and oxygen atoms in total. The Kier molecular flexibility index (Phi) is 4.02. The molecule has 3 heterocycles. The van der Waals surface area contributed by atoms with Crippen LogP contribution in [-0.2, 0) is 10.5 Å². The van der Waals surface area contributed by atoms with Gasteiger partial charge in [-0.1, -0.05) is 41.9 Å². The number of hydrogen-bond acceptors (Lipinski definition) is 5. The lowest BCUT2D eigenvalue weighted by Gasteiger charge is -2.40. The number of carbonyl (C=O) groups is 2. The van der Waals surface area contributed by atoms with Gasteiger partial charge in [0.1, 0.15) is 6.33 Å². The normalized spacial score (nSPS) is 20.0. The monoisotopic (exact) mass is 408 g/mol. The largest absolute Gasteiger partial charge is 0.346 e. The minimum absolute atomic E-state index is 0.0226. The zero-order valence-corrected chi connectivity index (χ0v) is 16.1. The van der Waals surface area contributed by atoms with Crippen molar-refractivity contribution in [1.82, 2.24) is 25.0 Å². The van der Waals surface area contributed by atoms with Crippen LogP contribution in [0.2, 0.25) is 5.02 Å². The number of carbonyl (C=O) groups excluding carboxylic acids is 2. The van der Waals surface area contributed by atoms with Crippen LogP contribution in [0, 0.1) is 0 Å². The van der Waals surface area contributed by atoms with E-state index in [-0.39, 0.29) is 18.4 Å². The molecular formula is C20H17ClN6O2. The summed E-state index contributed by atoms with van der Waals surface area (Å²) in [7, 11) is 0. The Morgan fingerprint density at radius 3 is 2.72 bits per heavy atom. The summed E-state index contributed by atoms with van der Waals surface area (Å²) in [5, 5.41) is 9.99. The molecule has 2 N–H and O–H groups in total. The summed E-state index contributed by atoms with van der Waals surface area (Å²) >= 11 is 6.11. The second-order valence-corrected chi connectivity index (χ2v) is 7.35. The van der Waals surface area contributed by atoms with Crippen molar-refractivity contribution in [2.24, 2.45) is 0 Å². The zero-order valence-electron chi connectivity index (χ0n) is 15.3. The average Bonchev–Trinajstić information content (AvgIpc) is 3.44. The maximum atomic E-state index is 13.3. The van der Waals surface area contributed by atoms with E-state index in [4.69, 9.17) is 11.6 Å². The fourth-order valence-electron chi connectivity index (χ4n) is 4.33. The number of nitrogens with zero attached hydrogens (tertiary/aromatic N) is 4. The van der Waals surface area contributed by atoms with Crippen molar-refractivity contribution in [1.29, 1.82) is 0 Å². The summed E-state index contributed by atoms with van der Waals surface area (Å²) < 4.78 is 0. The first kappa shape index (κ1) is 17.7. The van der Waals surface area contributed by atoms with E-state index in [0.29, 0.717) is 29.6 Å². The molecule has 3 aromatic rings. The Labute approximate surface area is 171 Å². The number of anilines is 1. The van der Waals surface area contributed by atoms with Crippen LogP contribution in [-0.4, -0.2) is 56.4 Å². The first-order chi connectivity index (χ1) is 14.1. The van der Waals surface area contributed by atoms with Crippen LogP contribution in [0.4, 0.5) is 5.95 Å². The van der Waals surface area contributed by atoms with E-state index in [9.17, 15) is 9.59 Å². The van der Waals surface area contributed by atoms with Crippen molar-refractivity contribution in [2.45, 2.75) is 5.66 Å². The predicted octanol–water partition coefficient (Wildman–Crippen LogP) is 2.07. The van der Waals surface area contributed by atoms with E-state index in [1.54, 1.807) is 21.9 Å². The predicted molar refractivity (Wildman–Crippen MR) is 106 cm³/mol. The number of nitrogens with one attached hydrogen (secondary N) is 2. The summed E-state index contributed by atoms with van der Waals surface area (Å²) in [5.41, 5.74) is 1.25. The van der Waals surface area contributed by atoms with Crippen molar-refractivity contribution < 1.29 is 9.59 Å². The minimum Gasteiger partial charge on any atom is -0.346 e. The number of rotatable bonds is 4. The molecule has 0 saturated carbocycles. The van der Waals surface area contributed by atoms with Gasteiger partial charge in [-0.05, 0) is 18.2 Å². The van der Waals surface area contributed by atoms with E-state index < -0.39 is 5.66 Å². The lowest BCUT2D eigenvalue weighted by atomic mass is 9.90. The molecular weight excluding hydrogens is 392 g/mol. The van der Waals surface area contributed by atoms with Gasteiger partial charge in [0.2, 0.25) is 11.9 Å². The highest BCUT2D eigenvalue weighted by molar-refractivity contribution is 6.30. The number of H-pyrrole nitrogens is 1. The third kappa shape index (κ3) is 2.52. The number of halogens is 1. The zero-order chi connectivity index (χ0) is 20.0. The van der Waals surface area contributed by atoms with Gasteiger partial charge in [0.05, 0.1) is 6.54 Å². The molecule has 2 aromatic carbocycles. The molecule has 0 aliphatic carbocycles. The van der Waals surface area contributed by atoms with E-state index >= 15 is 0 Å². The number of fused-ring (bicyclic) bond motifs is 3. The third-order valence-corrected chi connectivity index (χ3v) is 5.73. The van der Waals surface area contributed by atoms with Crippen molar-refractivity contribution in [2.75, 3.05) is 25.0 Å². The number of benzene rings is 2. The van der Waals surface area contributed by atoms with Gasteiger partial charge in [-0.2, -0.15) is 5.10 Å². The maximum absolute atomic E-state index is 13.3. The molecule has 0 spiro atoms. The third-order valence-electron chi connectivity index (χ3n) is 5.48. The number of hydrogen-bond donors (Lipinski definition) is 2. The van der Waals surface area contributed by atoms with Gasteiger partial charge < -0.3 is 15.1 Å². The van der Waals surface area contributed by atoms with Gasteiger partial charge in [-0.3, -0.25) is 9.59 Å². The molecule has 146 valence electrons. The van der Waals surface area contributed by atoms with Crippen LogP contribution < -0.4 is 5.32 Å². The van der Waals surface area contributed by atoms with Crippen LogP contribution >= 0.6 is 11.6 Å². The Hall–Kier alpha value is -3.39. The molecule has 2 amide bonds. The highest BCUT2D eigenvalue weighted by atomic mass is 35.5. The van der Waals surface area contributed by atoms with E-state index in [0.717, 1.165) is 11.1 Å². The van der Waals surface area contributed by atoms with Crippen molar-refractivity contribution in [3.63, 3.8) is 0 Å². The Morgan fingerprint density at radius 2 is 1.97 bits per heavy atom. The van der Waals surface area contributed by atoms with E-state index in [1.165, 1.54) is 6.33 Å². The Morgan fingerprint density at radius 1 is 1.17 bits per heavy atom. The molecule has 1 saturated heterocycles. The average molecular weight is 409 g/mol.